The van der Waals surface area contributed by atoms with E-state index in [9.17, 15) is 14.9 Å². The summed E-state index contributed by atoms with van der Waals surface area (Å²) in [6, 6.07) is 13.5. The number of aromatic nitrogens is 2. The third-order valence-electron chi connectivity index (χ3n) is 3.87. The SMILES string of the molecule is Cc1ccc(-c2nnc([C@H](C)OC(=O)/C=C/c3cccc([N+](=O)[O-])c3)o2)cc1. The first-order chi connectivity index (χ1) is 13.4. The Kier molecular flexibility index (Phi) is 5.59. The van der Waals surface area contributed by atoms with E-state index in [1.54, 1.807) is 13.0 Å². The van der Waals surface area contributed by atoms with E-state index in [0.29, 0.717) is 11.5 Å². The first-order valence-corrected chi connectivity index (χ1v) is 8.46. The van der Waals surface area contributed by atoms with Gasteiger partial charge in [-0.2, -0.15) is 0 Å². The van der Waals surface area contributed by atoms with E-state index in [-0.39, 0.29) is 11.6 Å². The van der Waals surface area contributed by atoms with E-state index in [0.717, 1.165) is 11.1 Å². The predicted molar refractivity (Wildman–Crippen MR) is 101 cm³/mol. The lowest BCUT2D eigenvalue weighted by Crippen LogP contribution is -2.06. The molecule has 0 fully saturated rings. The van der Waals surface area contributed by atoms with E-state index < -0.39 is 17.0 Å². The van der Waals surface area contributed by atoms with Crippen LogP contribution in [0.3, 0.4) is 0 Å². The van der Waals surface area contributed by atoms with Crippen LogP contribution in [0.1, 0.15) is 30.0 Å². The van der Waals surface area contributed by atoms with Crippen LogP contribution in [0.5, 0.6) is 0 Å². The molecule has 0 spiro atoms. The number of aryl methyl sites for hydroxylation is 1. The molecule has 0 aliphatic rings. The maximum atomic E-state index is 12.0. The Morgan fingerprint density at radius 1 is 1.21 bits per heavy atom. The molecule has 0 aliphatic heterocycles. The molecule has 1 heterocycles. The Labute approximate surface area is 160 Å². The van der Waals surface area contributed by atoms with Crippen LogP contribution in [0.25, 0.3) is 17.5 Å². The van der Waals surface area contributed by atoms with Gasteiger partial charge in [-0.15, -0.1) is 10.2 Å². The molecular formula is C20H17N3O5. The van der Waals surface area contributed by atoms with Crippen molar-refractivity contribution in [3.05, 3.63) is 81.7 Å². The van der Waals surface area contributed by atoms with Gasteiger partial charge < -0.3 is 9.15 Å². The van der Waals surface area contributed by atoms with Gasteiger partial charge in [0.25, 0.3) is 11.6 Å². The van der Waals surface area contributed by atoms with Crippen LogP contribution < -0.4 is 0 Å². The highest BCUT2D eigenvalue weighted by Gasteiger charge is 2.18. The van der Waals surface area contributed by atoms with E-state index >= 15 is 0 Å². The lowest BCUT2D eigenvalue weighted by molar-refractivity contribution is -0.384. The van der Waals surface area contributed by atoms with Crippen molar-refractivity contribution in [2.24, 2.45) is 0 Å². The molecule has 0 amide bonds. The van der Waals surface area contributed by atoms with Crippen molar-refractivity contribution in [3.63, 3.8) is 0 Å². The molecule has 0 radical (unpaired) electrons. The molecule has 142 valence electrons. The Morgan fingerprint density at radius 3 is 2.68 bits per heavy atom. The lowest BCUT2D eigenvalue weighted by Gasteiger charge is -2.06. The zero-order chi connectivity index (χ0) is 20.1. The van der Waals surface area contributed by atoms with Crippen molar-refractivity contribution in [1.29, 1.82) is 0 Å². The molecule has 3 aromatic rings. The smallest absolute Gasteiger partial charge is 0.331 e. The number of hydrogen-bond donors (Lipinski definition) is 0. The number of carbonyl (C=O) groups is 1. The fraction of sp³-hybridized carbons (Fsp3) is 0.150. The van der Waals surface area contributed by atoms with Crippen LogP contribution >= 0.6 is 0 Å². The standard InChI is InChI=1S/C20H17N3O5/c1-13-6-9-16(10-7-13)20-22-21-19(28-20)14(2)27-18(24)11-8-15-4-3-5-17(12-15)23(25)26/h3-12,14H,1-2H3/b11-8+/t14-/m0/s1. The summed E-state index contributed by atoms with van der Waals surface area (Å²) < 4.78 is 10.8. The van der Waals surface area contributed by atoms with Crippen LogP contribution in [0.15, 0.2) is 59.0 Å². The van der Waals surface area contributed by atoms with Crippen molar-refractivity contribution >= 4 is 17.7 Å². The summed E-state index contributed by atoms with van der Waals surface area (Å²) in [6.45, 7) is 3.59. The Morgan fingerprint density at radius 2 is 1.96 bits per heavy atom. The number of hydrogen-bond acceptors (Lipinski definition) is 7. The Bertz CT molecular complexity index is 1020. The van der Waals surface area contributed by atoms with Gasteiger partial charge in [0.05, 0.1) is 4.92 Å². The number of rotatable bonds is 6. The minimum Gasteiger partial charge on any atom is -0.449 e. The van der Waals surface area contributed by atoms with Crippen LogP contribution in [0.4, 0.5) is 5.69 Å². The minimum atomic E-state index is -0.742. The highest BCUT2D eigenvalue weighted by molar-refractivity contribution is 5.87. The summed E-state index contributed by atoms with van der Waals surface area (Å²) in [7, 11) is 0. The molecule has 0 unspecified atom stereocenters. The van der Waals surface area contributed by atoms with Crippen molar-refractivity contribution in [3.8, 4) is 11.5 Å². The Hall–Kier alpha value is -3.81. The lowest BCUT2D eigenvalue weighted by atomic mass is 10.1. The summed E-state index contributed by atoms with van der Waals surface area (Å²) in [5.74, 6) is -0.119. The van der Waals surface area contributed by atoms with Gasteiger partial charge in [0.2, 0.25) is 5.89 Å². The molecule has 0 saturated carbocycles. The summed E-state index contributed by atoms with van der Waals surface area (Å²) in [6.07, 6.45) is 1.88. The molecule has 0 saturated heterocycles. The molecule has 1 atom stereocenters. The molecule has 28 heavy (non-hydrogen) atoms. The van der Waals surface area contributed by atoms with Crippen molar-refractivity contribution in [2.75, 3.05) is 0 Å². The molecule has 2 aromatic carbocycles. The maximum Gasteiger partial charge on any atom is 0.331 e. The highest BCUT2D eigenvalue weighted by Crippen LogP contribution is 2.23. The van der Waals surface area contributed by atoms with E-state index in [4.69, 9.17) is 9.15 Å². The van der Waals surface area contributed by atoms with Crippen molar-refractivity contribution < 1.29 is 18.9 Å². The minimum absolute atomic E-state index is 0.0571. The van der Waals surface area contributed by atoms with E-state index in [1.807, 2.05) is 31.2 Å². The van der Waals surface area contributed by atoms with Crippen LogP contribution in [0.2, 0.25) is 0 Å². The molecule has 0 N–H and O–H groups in total. The van der Waals surface area contributed by atoms with E-state index in [1.165, 1.54) is 30.4 Å². The summed E-state index contributed by atoms with van der Waals surface area (Å²) in [5.41, 5.74) is 2.34. The fourth-order valence-corrected chi connectivity index (χ4v) is 2.38. The van der Waals surface area contributed by atoms with Gasteiger partial charge in [-0.3, -0.25) is 10.1 Å². The molecule has 0 bridgehead atoms. The molecule has 8 heteroatoms. The summed E-state index contributed by atoms with van der Waals surface area (Å²) in [5, 5.41) is 18.7. The predicted octanol–water partition coefficient (Wildman–Crippen LogP) is 4.27. The van der Waals surface area contributed by atoms with Crippen molar-refractivity contribution in [1.82, 2.24) is 10.2 Å². The van der Waals surface area contributed by atoms with Gasteiger partial charge in [0, 0.05) is 23.8 Å². The number of non-ortho nitro benzene ring substituents is 1. The first-order valence-electron chi connectivity index (χ1n) is 8.46. The number of ether oxygens (including phenoxy) is 1. The third-order valence-corrected chi connectivity index (χ3v) is 3.87. The number of esters is 1. The number of benzene rings is 2. The number of nitro benzene ring substituents is 1. The fourth-order valence-electron chi connectivity index (χ4n) is 2.38. The summed E-state index contributed by atoms with van der Waals surface area (Å²) in [4.78, 5) is 22.3. The van der Waals surface area contributed by atoms with Gasteiger partial charge in [-0.1, -0.05) is 29.8 Å². The average Bonchev–Trinajstić information content (AvgIpc) is 3.17. The molecule has 1 aromatic heterocycles. The van der Waals surface area contributed by atoms with Gasteiger partial charge in [0.1, 0.15) is 0 Å². The number of nitro groups is 1. The van der Waals surface area contributed by atoms with Gasteiger partial charge >= 0.3 is 5.97 Å². The first kappa shape index (κ1) is 19.0. The normalized spacial score (nSPS) is 12.1. The maximum absolute atomic E-state index is 12.0. The van der Waals surface area contributed by atoms with E-state index in [2.05, 4.69) is 10.2 Å². The van der Waals surface area contributed by atoms with Crippen LogP contribution in [0, 0.1) is 17.0 Å². The second-order valence-corrected chi connectivity index (χ2v) is 6.08. The topological polar surface area (TPSA) is 108 Å². The third kappa shape index (κ3) is 4.67. The second-order valence-electron chi connectivity index (χ2n) is 6.08. The molecule has 8 nitrogen and oxygen atoms in total. The van der Waals surface area contributed by atoms with Gasteiger partial charge in [-0.25, -0.2) is 4.79 Å². The molecule has 0 aliphatic carbocycles. The van der Waals surface area contributed by atoms with Crippen molar-refractivity contribution in [2.45, 2.75) is 20.0 Å². The summed E-state index contributed by atoms with van der Waals surface area (Å²) >= 11 is 0. The Balaban J connectivity index is 1.63. The zero-order valence-corrected chi connectivity index (χ0v) is 15.2. The van der Waals surface area contributed by atoms with Gasteiger partial charge in [0.15, 0.2) is 6.10 Å². The zero-order valence-electron chi connectivity index (χ0n) is 15.2. The van der Waals surface area contributed by atoms with Crippen LogP contribution in [-0.4, -0.2) is 21.1 Å². The molecule has 3 rings (SSSR count). The number of carbonyl (C=O) groups excluding carboxylic acids is 1. The van der Waals surface area contributed by atoms with Crippen LogP contribution in [-0.2, 0) is 9.53 Å². The molecular weight excluding hydrogens is 362 g/mol. The second kappa shape index (κ2) is 8.26. The monoisotopic (exact) mass is 379 g/mol. The van der Waals surface area contributed by atoms with Gasteiger partial charge in [-0.05, 0) is 37.6 Å². The number of nitrogens with zero attached hydrogens (tertiary/aromatic N) is 3. The average molecular weight is 379 g/mol. The quantitative estimate of drug-likeness (QED) is 0.272. The highest BCUT2D eigenvalue weighted by atomic mass is 16.6. The largest absolute Gasteiger partial charge is 0.449 e.